The molecule has 0 radical (unpaired) electrons. The lowest BCUT2D eigenvalue weighted by Crippen LogP contribution is -2.46. The summed E-state index contributed by atoms with van der Waals surface area (Å²) >= 11 is 3.25. The molecule has 0 unspecified atom stereocenters. The lowest BCUT2D eigenvalue weighted by atomic mass is 10.2. The van der Waals surface area contributed by atoms with E-state index in [4.69, 9.17) is 0 Å². The number of nitrogens with one attached hydrogen (secondary N) is 1. The first-order valence-electron chi connectivity index (χ1n) is 11.3. The van der Waals surface area contributed by atoms with E-state index in [1.54, 1.807) is 35.6 Å². The summed E-state index contributed by atoms with van der Waals surface area (Å²) in [7, 11) is 0. The van der Waals surface area contributed by atoms with E-state index in [-0.39, 0.29) is 5.91 Å². The number of anilines is 3. The Balaban J connectivity index is 1.09. The van der Waals surface area contributed by atoms with E-state index in [0.717, 1.165) is 52.9 Å². The minimum Gasteiger partial charge on any atom is -0.368 e. The van der Waals surface area contributed by atoms with Gasteiger partial charge in [0.1, 0.15) is 22.0 Å². The summed E-state index contributed by atoms with van der Waals surface area (Å²) in [5.74, 6) is 1.58. The number of para-hydroxylation sites is 1. The molecule has 174 valence electrons. The van der Waals surface area contributed by atoms with Gasteiger partial charge in [-0.25, -0.2) is 15.0 Å². The molecule has 1 aromatic carbocycles. The van der Waals surface area contributed by atoms with Gasteiger partial charge in [-0.05, 0) is 37.3 Å². The fraction of sp³-hybridized carbons (Fsp3) is 0.280. The topological polar surface area (TPSA) is 74.2 Å². The third-order valence-electron chi connectivity index (χ3n) is 5.74. The maximum Gasteiger partial charge on any atom is 0.225 e. The van der Waals surface area contributed by atoms with Crippen molar-refractivity contribution in [3.8, 4) is 0 Å². The zero-order valence-electron chi connectivity index (χ0n) is 19.0. The average Bonchev–Trinajstić information content (AvgIpc) is 3.26. The van der Waals surface area contributed by atoms with Crippen LogP contribution in [0.5, 0.6) is 0 Å². The molecule has 3 aromatic heterocycles. The second-order valence-corrected chi connectivity index (χ2v) is 10.4. The number of pyridine rings is 1. The number of benzene rings is 1. The Morgan fingerprint density at radius 2 is 1.82 bits per heavy atom. The summed E-state index contributed by atoms with van der Waals surface area (Å²) in [4.78, 5) is 32.6. The molecule has 0 atom stereocenters. The number of hydrogen-bond donors (Lipinski definition) is 1. The fourth-order valence-electron chi connectivity index (χ4n) is 4.01. The minimum absolute atomic E-state index is 0.0228. The molecule has 0 spiro atoms. The van der Waals surface area contributed by atoms with Gasteiger partial charge in [-0.15, -0.1) is 23.1 Å². The summed E-state index contributed by atoms with van der Waals surface area (Å²) in [6.07, 6.45) is 3.74. The number of hydrogen-bond acceptors (Lipinski definition) is 8. The van der Waals surface area contributed by atoms with Crippen molar-refractivity contribution in [2.45, 2.75) is 18.4 Å². The van der Waals surface area contributed by atoms with Gasteiger partial charge in [0.05, 0.1) is 11.9 Å². The SMILES string of the molecule is Cc1cc2c(SCCC(=O)Nc3ccc(N4CCN(c5ccccc5)CC4)nc3)ncnc2s1. The average molecular weight is 491 g/mol. The molecular formula is C25H26N6OS2. The Hall–Kier alpha value is -3.17. The second-order valence-electron chi connectivity index (χ2n) is 8.12. The predicted octanol–water partition coefficient (Wildman–Crippen LogP) is 4.84. The summed E-state index contributed by atoms with van der Waals surface area (Å²) in [5.41, 5.74) is 1.99. The van der Waals surface area contributed by atoms with Crippen LogP contribution >= 0.6 is 23.1 Å². The molecule has 1 amide bonds. The van der Waals surface area contributed by atoms with Crippen LogP contribution in [0.2, 0.25) is 0 Å². The Morgan fingerprint density at radius 1 is 1.03 bits per heavy atom. The zero-order chi connectivity index (χ0) is 23.3. The Bertz CT molecular complexity index is 1250. The Morgan fingerprint density at radius 3 is 2.59 bits per heavy atom. The molecular weight excluding hydrogens is 464 g/mol. The number of carbonyl (C=O) groups excluding carboxylic acids is 1. The molecule has 1 aliphatic heterocycles. The predicted molar refractivity (Wildman–Crippen MR) is 141 cm³/mol. The van der Waals surface area contributed by atoms with Crippen molar-refractivity contribution in [2.75, 3.05) is 47.0 Å². The van der Waals surface area contributed by atoms with Gasteiger partial charge in [0.25, 0.3) is 0 Å². The number of carbonyl (C=O) groups is 1. The van der Waals surface area contributed by atoms with E-state index in [9.17, 15) is 4.79 Å². The maximum absolute atomic E-state index is 12.4. The summed E-state index contributed by atoms with van der Waals surface area (Å²) in [6.45, 7) is 5.84. The van der Waals surface area contributed by atoms with Gasteiger partial charge in [-0.2, -0.15) is 0 Å². The molecule has 4 heterocycles. The summed E-state index contributed by atoms with van der Waals surface area (Å²) in [6, 6.07) is 16.5. The van der Waals surface area contributed by atoms with Crippen molar-refractivity contribution in [3.63, 3.8) is 0 Å². The fourth-order valence-corrected chi connectivity index (χ4v) is 5.84. The highest BCUT2D eigenvalue weighted by molar-refractivity contribution is 7.99. The van der Waals surface area contributed by atoms with Crippen molar-refractivity contribution in [1.29, 1.82) is 0 Å². The molecule has 1 fully saturated rings. The molecule has 1 N–H and O–H groups in total. The molecule has 4 aromatic rings. The first kappa shape index (κ1) is 22.6. The molecule has 0 aliphatic carbocycles. The lowest BCUT2D eigenvalue weighted by molar-refractivity contribution is -0.115. The number of rotatable bonds is 7. The number of aromatic nitrogens is 3. The smallest absolute Gasteiger partial charge is 0.225 e. The van der Waals surface area contributed by atoms with Crippen LogP contribution in [0, 0.1) is 6.92 Å². The highest BCUT2D eigenvalue weighted by atomic mass is 32.2. The number of thioether (sulfide) groups is 1. The quantitative estimate of drug-likeness (QED) is 0.293. The Kier molecular flexibility index (Phi) is 6.92. The second kappa shape index (κ2) is 10.4. The van der Waals surface area contributed by atoms with Crippen molar-refractivity contribution < 1.29 is 4.79 Å². The van der Waals surface area contributed by atoms with Crippen molar-refractivity contribution >= 4 is 56.4 Å². The van der Waals surface area contributed by atoms with Crippen molar-refractivity contribution in [1.82, 2.24) is 15.0 Å². The number of aryl methyl sites for hydroxylation is 1. The van der Waals surface area contributed by atoms with Crippen LogP contribution in [0.4, 0.5) is 17.2 Å². The first-order valence-corrected chi connectivity index (χ1v) is 13.1. The third-order valence-corrected chi connectivity index (χ3v) is 7.71. The molecule has 9 heteroatoms. The number of nitrogens with zero attached hydrogens (tertiary/aromatic N) is 5. The standard InChI is InChI=1S/C25H26N6OS2/c1-18-15-21-24(27-17-28-25(21)34-18)33-14-9-23(32)29-19-7-8-22(26-16-19)31-12-10-30(11-13-31)20-5-3-2-4-6-20/h2-8,15-17H,9-14H2,1H3,(H,29,32). The van der Waals surface area contributed by atoms with Crippen molar-refractivity contribution in [3.05, 3.63) is 65.9 Å². The van der Waals surface area contributed by atoms with Crippen molar-refractivity contribution in [2.24, 2.45) is 0 Å². The highest BCUT2D eigenvalue weighted by Crippen LogP contribution is 2.30. The molecule has 34 heavy (non-hydrogen) atoms. The molecule has 1 aliphatic rings. The van der Waals surface area contributed by atoms with Gasteiger partial charge in [0.15, 0.2) is 0 Å². The zero-order valence-corrected chi connectivity index (χ0v) is 20.6. The van der Waals surface area contributed by atoms with Crippen LogP contribution in [0.25, 0.3) is 10.2 Å². The van der Waals surface area contributed by atoms with Crippen LogP contribution in [-0.2, 0) is 4.79 Å². The molecule has 1 saturated heterocycles. The number of thiophene rings is 1. The van der Waals surface area contributed by atoms with Crippen LogP contribution in [0.1, 0.15) is 11.3 Å². The van der Waals surface area contributed by atoms with Crippen LogP contribution in [0.3, 0.4) is 0 Å². The van der Waals surface area contributed by atoms with Gasteiger partial charge in [-0.3, -0.25) is 4.79 Å². The van der Waals surface area contributed by atoms with E-state index in [0.29, 0.717) is 12.2 Å². The highest BCUT2D eigenvalue weighted by Gasteiger charge is 2.18. The normalized spacial score (nSPS) is 13.9. The van der Waals surface area contributed by atoms with E-state index < -0.39 is 0 Å². The maximum atomic E-state index is 12.4. The molecule has 7 nitrogen and oxygen atoms in total. The van der Waals surface area contributed by atoms with Gasteiger partial charge in [-0.1, -0.05) is 18.2 Å². The van der Waals surface area contributed by atoms with E-state index in [1.807, 2.05) is 18.2 Å². The van der Waals surface area contributed by atoms with Gasteiger partial charge in [0, 0.05) is 54.3 Å². The molecule has 5 rings (SSSR count). The van der Waals surface area contributed by atoms with E-state index >= 15 is 0 Å². The number of amides is 1. The van der Waals surface area contributed by atoms with Crippen LogP contribution in [-0.4, -0.2) is 52.8 Å². The lowest BCUT2D eigenvalue weighted by Gasteiger charge is -2.36. The van der Waals surface area contributed by atoms with E-state index in [2.05, 4.69) is 67.3 Å². The van der Waals surface area contributed by atoms with Crippen LogP contribution < -0.4 is 15.1 Å². The van der Waals surface area contributed by atoms with Gasteiger partial charge < -0.3 is 15.1 Å². The number of piperazine rings is 1. The number of fused-ring (bicyclic) bond motifs is 1. The largest absolute Gasteiger partial charge is 0.368 e. The summed E-state index contributed by atoms with van der Waals surface area (Å²) < 4.78 is 0. The van der Waals surface area contributed by atoms with Crippen LogP contribution in [0.15, 0.2) is 66.1 Å². The Labute approximate surface area is 207 Å². The molecule has 0 bridgehead atoms. The molecule has 0 saturated carbocycles. The monoisotopic (exact) mass is 490 g/mol. The summed E-state index contributed by atoms with van der Waals surface area (Å²) in [5, 5.41) is 4.96. The first-order chi connectivity index (χ1) is 16.7. The van der Waals surface area contributed by atoms with Gasteiger partial charge >= 0.3 is 0 Å². The van der Waals surface area contributed by atoms with E-state index in [1.165, 1.54) is 10.6 Å². The van der Waals surface area contributed by atoms with Gasteiger partial charge in [0.2, 0.25) is 5.91 Å². The minimum atomic E-state index is -0.0228. The third kappa shape index (κ3) is 5.31.